The van der Waals surface area contributed by atoms with Gasteiger partial charge in [-0.2, -0.15) is 0 Å². The lowest BCUT2D eigenvalue weighted by Gasteiger charge is -2.18. The van der Waals surface area contributed by atoms with Crippen LogP contribution in [0.3, 0.4) is 0 Å². The molecule has 0 bridgehead atoms. The van der Waals surface area contributed by atoms with Crippen molar-refractivity contribution >= 4 is 15.9 Å². The van der Waals surface area contributed by atoms with E-state index in [9.17, 15) is 4.79 Å². The number of rotatable bonds is 2. The third-order valence-electron chi connectivity index (χ3n) is 2.87. The summed E-state index contributed by atoms with van der Waals surface area (Å²) in [5.41, 5.74) is 1.70. The first-order valence-electron chi connectivity index (χ1n) is 6.20. The normalized spacial score (nSPS) is 11.6. The molecule has 2 aromatic rings. The van der Waals surface area contributed by atoms with Crippen LogP contribution in [0.15, 0.2) is 39.6 Å². The topological polar surface area (TPSA) is 45.8 Å². The minimum Gasteiger partial charge on any atom is -0.310 e. The number of nitrogens with zero attached hydrogens (tertiary/aromatic N) is 1. The SMILES string of the molecule is CC(C)(C)c1cc(=O)[nH]c(Cc2ccccc2Br)n1. The average molecular weight is 321 g/mol. The lowest BCUT2D eigenvalue weighted by Crippen LogP contribution is -2.21. The Bertz CT molecular complexity index is 641. The summed E-state index contributed by atoms with van der Waals surface area (Å²) < 4.78 is 1.03. The summed E-state index contributed by atoms with van der Waals surface area (Å²) in [6, 6.07) is 9.53. The van der Waals surface area contributed by atoms with E-state index in [4.69, 9.17) is 0 Å². The van der Waals surface area contributed by atoms with Gasteiger partial charge in [0, 0.05) is 22.4 Å². The Labute approximate surface area is 121 Å². The molecule has 0 aliphatic rings. The second kappa shape index (κ2) is 5.29. The second-order valence-corrected chi connectivity index (χ2v) is 6.45. The van der Waals surface area contributed by atoms with Crippen molar-refractivity contribution in [3.05, 3.63) is 62.2 Å². The van der Waals surface area contributed by atoms with Crippen molar-refractivity contribution in [2.45, 2.75) is 32.6 Å². The van der Waals surface area contributed by atoms with Crippen LogP contribution in [0.5, 0.6) is 0 Å². The molecule has 0 aliphatic heterocycles. The third-order valence-corrected chi connectivity index (χ3v) is 3.65. The summed E-state index contributed by atoms with van der Waals surface area (Å²) in [4.78, 5) is 19.1. The van der Waals surface area contributed by atoms with Gasteiger partial charge in [0.05, 0.1) is 5.69 Å². The monoisotopic (exact) mass is 320 g/mol. The number of H-pyrrole nitrogens is 1. The fourth-order valence-corrected chi connectivity index (χ4v) is 2.22. The molecule has 1 heterocycles. The Hall–Kier alpha value is -1.42. The van der Waals surface area contributed by atoms with Crippen molar-refractivity contribution in [1.29, 1.82) is 0 Å². The molecule has 0 saturated heterocycles. The van der Waals surface area contributed by atoms with E-state index in [1.807, 2.05) is 24.3 Å². The molecule has 0 atom stereocenters. The highest BCUT2D eigenvalue weighted by atomic mass is 79.9. The molecule has 0 saturated carbocycles. The van der Waals surface area contributed by atoms with Gasteiger partial charge in [-0.25, -0.2) is 4.98 Å². The molecule has 0 unspecified atom stereocenters. The van der Waals surface area contributed by atoms with Crippen LogP contribution >= 0.6 is 15.9 Å². The molecular formula is C15H17BrN2O. The zero-order valence-electron chi connectivity index (χ0n) is 11.3. The number of benzene rings is 1. The van der Waals surface area contributed by atoms with Crippen LogP contribution in [0.2, 0.25) is 0 Å². The first kappa shape index (κ1) is 14.0. The van der Waals surface area contributed by atoms with Gasteiger partial charge in [0.1, 0.15) is 5.82 Å². The van der Waals surface area contributed by atoms with E-state index in [0.717, 1.165) is 15.7 Å². The minimum absolute atomic E-state index is 0.0954. The molecule has 1 aromatic heterocycles. The van der Waals surface area contributed by atoms with E-state index < -0.39 is 0 Å². The highest BCUT2D eigenvalue weighted by molar-refractivity contribution is 9.10. The van der Waals surface area contributed by atoms with Crippen LogP contribution in [0, 0.1) is 0 Å². The third kappa shape index (κ3) is 3.53. The van der Waals surface area contributed by atoms with Gasteiger partial charge in [-0.15, -0.1) is 0 Å². The number of aromatic amines is 1. The van der Waals surface area contributed by atoms with Crippen LogP contribution in [0.1, 0.15) is 37.9 Å². The molecule has 0 fully saturated rings. The molecule has 0 radical (unpaired) electrons. The summed E-state index contributed by atoms with van der Waals surface area (Å²) in [6.07, 6.45) is 0.612. The molecule has 19 heavy (non-hydrogen) atoms. The van der Waals surface area contributed by atoms with Crippen molar-refractivity contribution in [3.63, 3.8) is 0 Å². The maximum Gasteiger partial charge on any atom is 0.251 e. The summed E-state index contributed by atoms with van der Waals surface area (Å²) in [5, 5.41) is 0. The number of nitrogens with one attached hydrogen (secondary N) is 1. The van der Waals surface area contributed by atoms with Crippen molar-refractivity contribution in [1.82, 2.24) is 9.97 Å². The van der Waals surface area contributed by atoms with Crippen molar-refractivity contribution in [2.75, 3.05) is 0 Å². The number of aromatic nitrogens is 2. The first-order chi connectivity index (χ1) is 8.86. The van der Waals surface area contributed by atoms with Crippen molar-refractivity contribution in [3.8, 4) is 0 Å². The quantitative estimate of drug-likeness (QED) is 0.921. The predicted octanol–water partition coefficient (Wildman–Crippen LogP) is 3.42. The van der Waals surface area contributed by atoms with Crippen molar-refractivity contribution < 1.29 is 0 Å². The molecule has 1 aromatic carbocycles. The fraction of sp³-hybridized carbons (Fsp3) is 0.333. The van der Waals surface area contributed by atoms with Gasteiger partial charge in [0.15, 0.2) is 0 Å². The van der Waals surface area contributed by atoms with Crippen LogP contribution in [-0.2, 0) is 11.8 Å². The molecule has 100 valence electrons. The van der Waals surface area contributed by atoms with E-state index in [2.05, 4.69) is 46.7 Å². The highest BCUT2D eigenvalue weighted by Gasteiger charge is 2.17. The first-order valence-corrected chi connectivity index (χ1v) is 7.00. The Morgan fingerprint density at radius 1 is 1.26 bits per heavy atom. The molecule has 0 aliphatic carbocycles. The summed E-state index contributed by atoms with van der Waals surface area (Å²) in [5.74, 6) is 0.698. The molecule has 2 rings (SSSR count). The Kier molecular flexibility index (Phi) is 3.90. The molecule has 0 spiro atoms. The smallest absolute Gasteiger partial charge is 0.251 e. The molecule has 1 N–H and O–H groups in total. The van der Waals surface area contributed by atoms with Gasteiger partial charge >= 0.3 is 0 Å². The predicted molar refractivity (Wildman–Crippen MR) is 80.5 cm³/mol. The number of hydrogen-bond donors (Lipinski definition) is 1. The zero-order valence-corrected chi connectivity index (χ0v) is 12.9. The summed E-state index contributed by atoms with van der Waals surface area (Å²) >= 11 is 3.51. The Morgan fingerprint density at radius 3 is 2.58 bits per heavy atom. The maximum atomic E-state index is 11.7. The van der Waals surface area contributed by atoms with Crippen LogP contribution in [0.25, 0.3) is 0 Å². The van der Waals surface area contributed by atoms with Crippen LogP contribution in [0.4, 0.5) is 0 Å². The average Bonchev–Trinajstić information content (AvgIpc) is 2.30. The second-order valence-electron chi connectivity index (χ2n) is 5.60. The van der Waals surface area contributed by atoms with Crippen molar-refractivity contribution in [2.24, 2.45) is 0 Å². The van der Waals surface area contributed by atoms with E-state index >= 15 is 0 Å². The summed E-state index contributed by atoms with van der Waals surface area (Å²) in [7, 11) is 0. The Balaban J connectivity index is 2.39. The van der Waals surface area contributed by atoms with Crippen LogP contribution in [-0.4, -0.2) is 9.97 Å². The van der Waals surface area contributed by atoms with Crippen LogP contribution < -0.4 is 5.56 Å². The van der Waals surface area contributed by atoms with E-state index in [-0.39, 0.29) is 11.0 Å². The molecule has 4 heteroatoms. The van der Waals surface area contributed by atoms with Gasteiger partial charge in [-0.3, -0.25) is 4.79 Å². The van der Waals surface area contributed by atoms with Gasteiger partial charge in [0.2, 0.25) is 0 Å². The highest BCUT2D eigenvalue weighted by Crippen LogP contribution is 2.21. The number of halogens is 1. The van der Waals surface area contributed by atoms with Gasteiger partial charge in [-0.1, -0.05) is 54.9 Å². The van der Waals surface area contributed by atoms with Gasteiger partial charge in [0.25, 0.3) is 5.56 Å². The van der Waals surface area contributed by atoms with Gasteiger partial charge < -0.3 is 4.98 Å². The lowest BCUT2D eigenvalue weighted by molar-refractivity contribution is 0.561. The number of hydrogen-bond acceptors (Lipinski definition) is 2. The maximum absolute atomic E-state index is 11.7. The minimum atomic E-state index is -0.128. The Morgan fingerprint density at radius 2 is 1.95 bits per heavy atom. The van der Waals surface area contributed by atoms with E-state index in [1.54, 1.807) is 6.07 Å². The van der Waals surface area contributed by atoms with E-state index in [0.29, 0.717) is 12.2 Å². The molecule has 0 amide bonds. The zero-order chi connectivity index (χ0) is 14.0. The molecule has 3 nitrogen and oxygen atoms in total. The standard InChI is InChI=1S/C15H17BrN2O/c1-15(2,3)12-9-14(19)18-13(17-12)8-10-6-4-5-7-11(10)16/h4-7,9H,8H2,1-3H3,(H,17,18,19). The fourth-order valence-electron chi connectivity index (χ4n) is 1.80. The summed E-state index contributed by atoms with van der Waals surface area (Å²) in [6.45, 7) is 6.16. The lowest BCUT2D eigenvalue weighted by atomic mass is 9.92. The van der Waals surface area contributed by atoms with Gasteiger partial charge in [-0.05, 0) is 11.6 Å². The molecular weight excluding hydrogens is 304 g/mol. The largest absolute Gasteiger partial charge is 0.310 e. The van der Waals surface area contributed by atoms with E-state index in [1.165, 1.54) is 0 Å².